The average Bonchev–Trinajstić information content (AvgIpc) is 2.21. The fourth-order valence-electron chi connectivity index (χ4n) is 1.45. The van der Waals surface area contributed by atoms with E-state index in [9.17, 15) is 0 Å². The van der Waals surface area contributed by atoms with E-state index in [1.165, 1.54) is 5.56 Å². The molecule has 0 saturated carbocycles. The van der Waals surface area contributed by atoms with E-state index in [1.807, 2.05) is 25.3 Å². The van der Waals surface area contributed by atoms with Crippen molar-refractivity contribution in [1.29, 1.82) is 0 Å². The van der Waals surface area contributed by atoms with Crippen LogP contribution in [0.5, 0.6) is 0 Å². The summed E-state index contributed by atoms with van der Waals surface area (Å²) in [6, 6.07) is 4.28. The van der Waals surface area contributed by atoms with Crippen LogP contribution in [0.2, 0.25) is 0 Å². The summed E-state index contributed by atoms with van der Waals surface area (Å²) in [6.45, 7) is 9.03. The molecule has 0 fully saturated rings. The maximum absolute atomic E-state index is 4.27. The van der Waals surface area contributed by atoms with E-state index in [0.717, 1.165) is 18.7 Å². The van der Waals surface area contributed by atoms with Crippen LogP contribution in [-0.2, 0) is 0 Å². The van der Waals surface area contributed by atoms with Crippen LogP contribution in [0.4, 0.5) is 0 Å². The molecule has 0 saturated heterocycles. The lowest BCUT2D eigenvalue weighted by molar-refractivity contribution is 0.609. The molecule has 14 heavy (non-hydrogen) atoms. The quantitative estimate of drug-likeness (QED) is 0.722. The van der Waals surface area contributed by atoms with E-state index in [-0.39, 0.29) is 6.04 Å². The Morgan fingerprint density at radius 3 is 3.00 bits per heavy atom. The van der Waals surface area contributed by atoms with Gasteiger partial charge in [-0.1, -0.05) is 19.1 Å². The van der Waals surface area contributed by atoms with E-state index in [1.54, 1.807) is 0 Å². The van der Waals surface area contributed by atoms with Gasteiger partial charge in [0, 0.05) is 11.9 Å². The van der Waals surface area contributed by atoms with Crippen molar-refractivity contribution in [1.82, 2.24) is 10.3 Å². The molecule has 1 rings (SSSR count). The van der Waals surface area contributed by atoms with Gasteiger partial charge in [0.1, 0.15) is 0 Å². The fourth-order valence-corrected chi connectivity index (χ4v) is 1.45. The molecule has 1 unspecified atom stereocenters. The molecule has 1 heterocycles. The van der Waals surface area contributed by atoms with Crippen molar-refractivity contribution in [3.63, 3.8) is 0 Å². The molecule has 2 heteroatoms. The minimum atomic E-state index is 0.226. The lowest BCUT2D eigenvalue weighted by Crippen LogP contribution is -2.21. The molecule has 2 nitrogen and oxygen atoms in total. The number of rotatable bonds is 5. The van der Waals surface area contributed by atoms with Crippen molar-refractivity contribution >= 4 is 0 Å². The maximum atomic E-state index is 4.27. The molecule has 0 bridgehead atoms. The third kappa shape index (κ3) is 2.67. The normalized spacial score (nSPS) is 12.4. The first-order valence-electron chi connectivity index (χ1n) is 5.07. The van der Waals surface area contributed by atoms with Gasteiger partial charge in [0.2, 0.25) is 0 Å². The van der Waals surface area contributed by atoms with Crippen LogP contribution in [0.1, 0.15) is 30.6 Å². The Morgan fingerprint density at radius 1 is 1.64 bits per heavy atom. The van der Waals surface area contributed by atoms with Crippen LogP contribution in [0.15, 0.2) is 31.0 Å². The lowest BCUT2D eigenvalue weighted by Gasteiger charge is -2.15. The molecule has 0 aromatic carbocycles. The van der Waals surface area contributed by atoms with Gasteiger partial charge in [0.05, 0.1) is 6.04 Å². The summed E-state index contributed by atoms with van der Waals surface area (Å²) >= 11 is 0. The van der Waals surface area contributed by atoms with E-state index in [4.69, 9.17) is 0 Å². The molecule has 0 radical (unpaired) electrons. The van der Waals surface area contributed by atoms with Gasteiger partial charge in [-0.15, -0.1) is 6.58 Å². The van der Waals surface area contributed by atoms with Gasteiger partial charge in [-0.2, -0.15) is 0 Å². The van der Waals surface area contributed by atoms with Crippen molar-refractivity contribution in [3.05, 3.63) is 42.2 Å². The van der Waals surface area contributed by atoms with Crippen LogP contribution in [0.3, 0.4) is 0 Å². The Morgan fingerprint density at radius 2 is 2.43 bits per heavy atom. The standard InChI is InChI=1S/C12H18N2/c1-4-8-14-12(5-2)11-7-6-9-13-10(11)3/h5-7,9,12,14H,2,4,8H2,1,3H3. The lowest BCUT2D eigenvalue weighted by atomic mass is 10.1. The van der Waals surface area contributed by atoms with Crippen LogP contribution < -0.4 is 5.32 Å². The Hall–Kier alpha value is -1.15. The summed E-state index contributed by atoms with van der Waals surface area (Å²) in [5, 5.41) is 3.42. The number of hydrogen-bond acceptors (Lipinski definition) is 2. The van der Waals surface area contributed by atoms with Crippen LogP contribution in [-0.4, -0.2) is 11.5 Å². The predicted molar refractivity (Wildman–Crippen MR) is 60.2 cm³/mol. The minimum Gasteiger partial charge on any atom is -0.307 e. The number of aryl methyl sites for hydroxylation is 1. The first kappa shape index (κ1) is 10.9. The molecular weight excluding hydrogens is 172 g/mol. The minimum absolute atomic E-state index is 0.226. The van der Waals surface area contributed by atoms with Crippen molar-refractivity contribution in [2.24, 2.45) is 0 Å². The smallest absolute Gasteiger partial charge is 0.0521 e. The van der Waals surface area contributed by atoms with E-state index in [0.29, 0.717) is 0 Å². The first-order chi connectivity index (χ1) is 6.79. The van der Waals surface area contributed by atoms with Gasteiger partial charge < -0.3 is 5.32 Å². The van der Waals surface area contributed by atoms with Crippen LogP contribution >= 0.6 is 0 Å². The molecule has 0 aliphatic carbocycles. The van der Waals surface area contributed by atoms with Gasteiger partial charge in [-0.3, -0.25) is 4.98 Å². The van der Waals surface area contributed by atoms with E-state index < -0.39 is 0 Å². The zero-order valence-corrected chi connectivity index (χ0v) is 8.96. The highest BCUT2D eigenvalue weighted by atomic mass is 14.9. The Bertz CT molecular complexity index is 294. The van der Waals surface area contributed by atoms with Gasteiger partial charge in [-0.25, -0.2) is 0 Å². The summed E-state index contributed by atoms with van der Waals surface area (Å²) < 4.78 is 0. The second-order valence-electron chi connectivity index (χ2n) is 3.35. The number of pyridine rings is 1. The molecule has 1 N–H and O–H groups in total. The third-order valence-corrected chi connectivity index (χ3v) is 2.23. The second kappa shape index (κ2) is 5.55. The molecule has 1 aromatic heterocycles. The molecule has 0 aliphatic rings. The van der Waals surface area contributed by atoms with Crippen molar-refractivity contribution in [2.45, 2.75) is 26.3 Å². The van der Waals surface area contributed by atoms with Gasteiger partial charge in [0.25, 0.3) is 0 Å². The molecule has 76 valence electrons. The Balaban J connectivity index is 2.78. The van der Waals surface area contributed by atoms with Crippen LogP contribution in [0.25, 0.3) is 0 Å². The molecule has 0 amide bonds. The van der Waals surface area contributed by atoms with E-state index in [2.05, 4.69) is 29.9 Å². The van der Waals surface area contributed by atoms with Gasteiger partial charge in [0.15, 0.2) is 0 Å². The number of hydrogen-bond donors (Lipinski definition) is 1. The summed E-state index contributed by atoms with van der Waals surface area (Å²) in [6.07, 6.45) is 4.88. The van der Waals surface area contributed by atoms with Gasteiger partial charge >= 0.3 is 0 Å². The SMILES string of the molecule is C=CC(NCCC)c1cccnc1C. The highest BCUT2D eigenvalue weighted by molar-refractivity contribution is 5.25. The zero-order chi connectivity index (χ0) is 10.4. The highest BCUT2D eigenvalue weighted by Crippen LogP contribution is 2.15. The summed E-state index contributed by atoms with van der Waals surface area (Å²) in [7, 11) is 0. The number of aromatic nitrogens is 1. The second-order valence-corrected chi connectivity index (χ2v) is 3.35. The van der Waals surface area contributed by atoms with Crippen molar-refractivity contribution < 1.29 is 0 Å². The predicted octanol–water partition coefficient (Wildman–Crippen LogP) is 2.62. The molecule has 0 aliphatic heterocycles. The molecule has 1 atom stereocenters. The first-order valence-corrected chi connectivity index (χ1v) is 5.07. The Kier molecular flexibility index (Phi) is 4.33. The molecule has 0 spiro atoms. The summed E-state index contributed by atoms with van der Waals surface area (Å²) in [5.41, 5.74) is 2.29. The van der Waals surface area contributed by atoms with Gasteiger partial charge in [-0.05, 0) is 31.5 Å². The highest BCUT2D eigenvalue weighted by Gasteiger charge is 2.08. The molecular formula is C12H18N2. The monoisotopic (exact) mass is 190 g/mol. The zero-order valence-electron chi connectivity index (χ0n) is 8.96. The fraction of sp³-hybridized carbons (Fsp3) is 0.417. The van der Waals surface area contributed by atoms with Crippen molar-refractivity contribution in [2.75, 3.05) is 6.54 Å². The molecule has 1 aromatic rings. The largest absolute Gasteiger partial charge is 0.307 e. The summed E-state index contributed by atoms with van der Waals surface area (Å²) in [5.74, 6) is 0. The Labute approximate surface area is 86.1 Å². The topological polar surface area (TPSA) is 24.9 Å². The van der Waals surface area contributed by atoms with E-state index >= 15 is 0 Å². The third-order valence-electron chi connectivity index (χ3n) is 2.23. The average molecular weight is 190 g/mol. The number of nitrogens with zero attached hydrogens (tertiary/aromatic N) is 1. The maximum Gasteiger partial charge on any atom is 0.0521 e. The summed E-state index contributed by atoms with van der Waals surface area (Å²) in [4.78, 5) is 4.27. The van der Waals surface area contributed by atoms with Crippen molar-refractivity contribution in [3.8, 4) is 0 Å². The number of nitrogens with one attached hydrogen (secondary N) is 1. The van der Waals surface area contributed by atoms with Crippen LogP contribution in [0, 0.1) is 6.92 Å².